The normalized spacial score (nSPS) is 20.2. The van der Waals surface area contributed by atoms with Crippen molar-refractivity contribution in [2.24, 2.45) is 0 Å². The van der Waals surface area contributed by atoms with Crippen LogP contribution in [0.15, 0.2) is 36.5 Å². The van der Waals surface area contributed by atoms with Gasteiger partial charge in [0.25, 0.3) is 0 Å². The average Bonchev–Trinajstić information content (AvgIpc) is 3.18. The Balaban J connectivity index is 1.22. The minimum Gasteiger partial charge on any atom is -0.474 e. The zero-order chi connectivity index (χ0) is 19.3. The lowest BCUT2D eigenvalue weighted by Crippen LogP contribution is -2.40. The van der Waals surface area contributed by atoms with Crippen molar-refractivity contribution in [3.63, 3.8) is 0 Å². The lowest BCUT2D eigenvalue weighted by molar-refractivity contribution is -0.121. The summed E-state index contributed by atoms with van der Waals surface area (Å²) in [5.41, 5.74) is 1.42. The minimum atomic E-state index is 0.0111. The Morgan fingerprint density at radius 2 is 2.00 bits per heavy atom. The highest BCUT2D eigenvalue weighted by molar-refractivity contribution is 5.79. The molecule has 1 aromatic heterocycles. The van der Waals surface area contributed by atoms with Gasteiger partial charge in [0.15, 0.2) is 11.5 Å². The Hall–Kier alpha value is -3.27. The predicted molar refractivity (Wildman–Crippen MR) is 100 cm³/mol. The van der Waals surface area contributed by atoms with E-state index in [0.717, 1.165) is 37.0 Å². The molecule has 2 heterocycles. The van der Waals surface area contributed by atoms with Crippen molar-refractivity contribution in [2.75, 3.05) is 6.79 Å². The van der Waals surface area contributed by atoms with Gasteiger partial charge in [-0.3, -0.25) is 4.79 Å². The van der Waals surface area contributed by atoms with Crippen LogP contribution in [0.4, 0.5) is 0 Å². The van der Waals surface area contributed by atoms with E-state index in [1.807, 2.05) is 24.3 Å². The fraction of sp³-hybridized carbons (Fsp3) is 0.381. The Labute approximate surface area is 163 Å². The number of nitrogens with zero attached hydrogens (tertiary/aromatic N) is 2. The summed E-state index contributed by atoms with van der Waals surface area (Å²) in [6.07, 6.45) is 5.37. The van der Waals surface area contributed by atoms with E-state index >= 15 is 0 Å². The molecule has 1 aromatic carbocycles. The van der Waals surface area contributed by atoms with Gasteiger partial charge in [-0.05, 0) is 49.4 Å². The molecule has 0 bridgehead atoms. The summed E-state index contributed by atoms with van der Waals surface area (Å²) < 4.78 is 16.5. The van der Waals surface area contributed by atoms with E-state index < -0.39 is 0 Å². The summed E-state index contributed by atoms with van der Waals surface area (Å²) in [5, 5.41) is 11.9. The van der Waals surface area contributed by atoms with Gasteiger partial charge in [-0.25, -0.2) is 4.98 Å². The highest BCUT2D eigenvalue weighted by atomic mass is 16.7. The van der Waals surface area contributed by atoms with Crippen LogP contribution in [0.3, 0.4) is 0 Å². The van der Waals surface area contributed by atoms with Crippen molar-refractivity contribution in [3.05, 3.63) is 47.7 Å². The van der Waals surface area contributed by atoms with E-state index in [1.54, 1.807) is 12.1 Å². The van der Waals surface area contributed by atoms with E-state index in [0.29, 0.717) is 23.6 Å². The molecule has 0 atom stereocenters. The van der Waals surface area contributed by atoms with Crippen LogP contribution in [-0.2, 0) is 11.2 Å². The van der Waals surface area contributed by atoms with E-state index in [1.165, 1.54) is 6.20 Å². The summed E-state index contributed by atoms with van der Waals surface area (Å²) in [6, 6.07) is 11.2. The first kappa shape index (κ1) is 18.1. The van der Waals surface area contributed by atoms with E-state index in [4.69, 9.17) is 19.5 Å². The molecule has 0 unspecified atom stereocenters. The summed E-state index contributed by atoms with van der Waals surface area (Å²) in [7, 11) is 0. The highest BCUT2D eigenvalue weighted by Gasteiger charge is 2.24. The Morgan fingerprint density at radius 3 is 2.75 bits per heavy atom. The van der Waals surface area contributed by atoms with Crippen LogP contribution >= 0.6 is 0 Å². The minimum absolute atomic E-state index is 0.0111. The molecule has 1 amide bonds. The molecule has 4 rings (SSSR count). The molecule has 144 valence electrons. The molecule has 1 fully saturated rings. The largest absolute Gasteiger partial charge is 0.474 e. The molecule has 2 aromatic rings. The number of hydrogen-bond acceptors (Lipinski definition) is 6. The monoisotopic (exact) mass is 379 g/mol. The van der Waals surface area contributed by atoms with Gasteiger partial charge in [-0.2, -0.15) is 5.26 Å². The number of rotatable bonds is 5. The Bertz CT molecular complexity index is 884. The third-order valence-electron chi connectivity index (χ3n) is 4.99. The first-order valence-electron chi connectivity index (χ1n) is 9.40. The summed E-state index contributed by atoms with van der Waals surface area (Å²) in [5.74, 6) is 1.96. The lowest BCUT2D eigenvalue weighted by atomic mass is 9.92. The van der Waals surface area contributed by atoms with E-state index in [-0.39, 0.29) is 24.8 Å². The number of hydrogen-bond donors (Lipinski definition) is 1. The standard InChI is InChI=1S/C21H21N3O4/c22-11-15-2-8-21(23-12-15)28-17-5-3-16(4-6-17)24-20(25)10-14-1-7-18-19(9-14)27-13-26-18/h1-2,7-9,12,16-17H,3-6,10,13H2,(H,24,25). The van der Waals surface area contributed by atoms with Crippen LogP contribution in [-0.4, -0.2) is 29.8 Å². The molecule has 7 heteroatoms. The zero-order valence-corrected chi connectivity index (χ0v) is 15.4. The van der Waals surface area contributed by atoms with Crippen molar-refractivity contribution in [3.8, 4) is 23.4 Å². The number of ether oxygens (including phenoxy) is 3. The van der Waals surface area contributed by atoms with Crippen molar-refractivity contribution < 1.29 is 19.0 Å². The number of benzene rings is 1. The molecule has 2 aliphatic rings. The SMILES string of the molecule is N#Cc1ccc(OC2CCC(NC(=O)Cc3ccc4c(c3)OCO4)CC2)nc1. The maximum absolute atomic E-state index is 12.4. The molecule has 0 radical (unpaired) electrons. The number of carbonyl (C=O) groups excluding carboxylic acids is 1. The van der Waals surface area contributed by atoms with Gasteiger partial charge in [0.2, 0.25) is 18.6 Å². The Kier molecular flexibility index (Phi) is 5.29. The summed E-state index contributed by atoms with van der Waals surface area (Å²) in [4.78, 5) is 16.5. The van der Waals surface area contributed by atoms with Gasteiger partial charge in [0, 0.05) is 18.3 Å². The maximum atomic E-state index is 12.4. The average molecular weight is 379 g/mol. The first-order chi connectivity index (χ1) is 13.7. The molecule has 0 spiro atoms. The van der Waals surface area contributed by atoms with Gasteiger partial charge in [-0.1, -0.05) is 6.07 Å². The second-order valence-electron chi connectivity index (χ2n) is 7.02. The predicted octanol–water partition coefficient (Wildman–Crippen LogP) is 2.73. The van der Waals surface area contributed by atoms with E-state index in [2.05, 4.69) is 10.3 Å². The van der Waals surface area contributed by atoms with Crippen LogP contribution in [0.25, 0.3) is 0 Å². The number of nitrogens with one attached hydrogen (secondary N) is 1. The highest BCUT2D eigenvalue weighted by Crippen LogP contribution is 2.32. The zero-order valence-electron chi connectivity index (χ0n) is 15.4. The third kappa shape index (κ3) is 4.34. The molecule has 1 saturated carbocycles. The Morgan fingerprint density at radius 1 is 1.18 bits per heavy atom. The molecule has 28 heavy (non-hydrogen) atoms. The molecule has 1 aliphatic heterocycles. The van der Waals surface area contributed by atoms with Gasteiger partial charge in [0.05, 0.1) is 12.0 Å². The first-order valence-corrected chi connectivity index (χ1v) is 9.40. The van der Waals surface area contributed by atoms with Crippen LogP contribution in [0, 0.1) is 11.3 Å². The fourth-order valence-electron chi connectivity index (χ4n) is 3.53. The van der Waals surface area contributed by atoms with Gasteiger partial charge < -0.3 is 19.5 Å². The molecule has 7 nitrogen and oxygen atoms in total. The summed E-state index contributed by atoms with van der Waals surface area (Å²) in [6.45, 7) is 0.230. The van der Waals surface area contributed by atoms with Gasteiger partial charge in [-0.15, -0.1) is 0 Å². The topological polar surface area (TPSA) is 93.5 Å². The second-order valence-corrected chi connectivity index (χ2v) is 7.02. The molecular formula is C21H21N3O4. The van der Waals surface area contributed by atoms with E-state index in [9.17, 15) is 4.79 Å². The number of pyridine rings is 1. The lowest BCUT2D eigenvalue weighted by Gasteiger charge is -2.29. The van der Waals surface area contributed by atoms with Gasteiger partial charge >= 0.3 is 0 Å². The second kappa shape index (κ2) is 8.17. The fourth-order valence-corrected chi connectivity index (χ4v) is 3.53. The molecule has 0 saturated heterocycles. The smallest absolute Gasteiger partial charge is 0.231 e. The number of nitriles is 1. The number of amides is 1. The number of aromatic nitrogens is 1. The van der Waals surface area contributed by atoms with Crippen molar-refractivity contribution >= 4 is 5.91 Å². The van der Waals surface area contributed by atoms with Crippen LogP contribution in [0.2, 0.25) is 0 Å². The van der Waals surface area contributed by atoms with Crippen LogP contribution in [0.1, 0.15) is 36.8 Å². The van der Waals surface area contributed by atoms with Gasteiger partial charge in [0.1, 0.15) is 12.2 Å². The quantitative estimate of drug-likeness (QED) is 0.859. The molecular weight excluding hydrogens is 358 g/mol. The van der Waals surface area contributed by atoms with Crippen molar-refractivity contribution in [2.45, 2.75) is 44.2 Å². The van der Waals surface area contributed by atoms with Crippen LogP contribution in [0.5, 0.6) is 17.4 Å². The van der Waals surface area contributed by atoms with Crippen molar-refractivity contribution in [1.29, 1.82) is 5.26 Å². The third-order valence-corrected chi connectivity index (χ3v) is 4.99. The number of fused-ring (bicyclic) bond motifs is 1. The van der Waals surface area contributed by atoms with Crippen molar-refractivity contribution in [1.82, 2.24) is 10.3 Å². The molecule has 1 aliphatic carbocycles. The summed E-state index contributed by atoms with van der Waals surface area (Å²) >= 11 is 0. The van der Waals surface area contributed by atoms with Crippen LogP contribution < -0.4 is 19.5 Å². The molecule has 1 N–H and O–H groups in total. The maximum Gasteiger partial charge on any atom is 0.231 e. The number of carbonyl (C=O) groups is 1.